The van der Waals surface area contributed by atoms with E-state index >= 15 is 0 Å². The van der Waals surface area contributed by atoms with Crippen molar-refractivity contribution in [2.45, 2.75) is 20.1 Å². The molecule has 0 fully saturated rings. The molecule has 1 aromatic carbocycles. The molecule has 2 heterocycles. The first-order valence-electron chi connectivity index (χ1n) is 5.94. The van der Waals surface area contributed by atoms with Crippen molar-refractivity contribution in [2.24, 2.45) is 5.73 Å². The van der Waals surface area contributed by atoms with Crippen LogP contribution in [0.3, 0.4) is 0 Å². The van der Waals surface area contributed by atoms with Crippen LogP contribution in [0.4, 0.5) is 0 Å². The molecule has 100 valence electrons. The normalized spacial score (nSPS) is 12.7. The molecular weight excluding hydrogens is 248 g/mol. The van der Waals surface area contributed by atoms with Crippen LogP contribution in [0.1, 0.15) is 17.0 Å². The van der Waals surface area contributed by atoms with Crippen LogP contribution < -0.4 is 19.9 Å². The first kappa shape index (κ1) is 11.9. The van der Waals surface area contributed by atoms with Gasteiger partial charge in [-0.2, -0.15) is 0 Å². The van der Waals surface area contributed by atoms with E-state index in [1.165, 1.54) is 0 Å². The van der Waals surface area contributed by atoms with Gasteiger partial charge in [0.25, 0.3) is 0 Å². The molecule has 6 nitrogen and oxygen atoms in total. The highest BCUT2D eigenvalue weighted by molar-refractivity contribution is 5.51. The van der Waals surface area contributed by atoms with Crippen LogP contribution in [-0.4, -0.2) is 11.9 Å². The van der Waals surface area contributed by atoms with Crippen LogP contribution in [-0.2, 0) is 13.2 Å². The van der Waals surface area contributed by atoms with E-state index < -0.39 is 0 Å². The number of benzene rings is 1. The Balaban J connectivity index is 1.80. The molecule has 1 aliphatic heterocycles. The van der Waals surface area contributed by atoms with E-state index in [2.05, 4.69) is 5.16 Å². The molecule has 2 aromatic rings. The average molecular weight is 262 g/mol. The largest absolute Gasteiger partial charge is 0.487 e. The molecule has 0 radical (unpaired) electrons. The first-order chi connectivity index (χ1) is 9.26. The summed E-state index contributed by atoms with van der Waals surface area (Å²) in [7, 11) is 0. The molecule has 19 heavy (non-hydrogen) atoms. The van der Waals surface area contributed by atoms with Crippen molar-refractivity contribution in [3.63, 3.8) is 0 Å². The van der Waals surface area contributed by atoms with Crippen molar-refractivity contribution in [1.82, 2.24) is 5.16 Å². The molecule has 0 saturated carbocycles. The highest BCUT2D eigenvalue weighted by Gasteiger charge is 2.17. The summed E-state index contributed by atoms with van der Waals surface area (Å²) in [5, 5.41) is 3.87. The van der Waals surface area contributed by atoms with Crippen molar-refractivity contribution >= 4 is 0 Å². The Kier molecular flexibility index (Phi) is 3.00. The molecule has 1 aliphatic rings. The lowest BCUT2D eigenvalue weighted by molar-refractivity contribution is 0.173. The van der Waals surface area contributed by atoms with E-state index in [0.717, 1.165) is 17.0 Å². The summed E-state index contributed by atoms with van der Waals surface area (Å²) in [6.45, 7) is 2.75. The summed E-state index contributed by atoms with van der Waals surface area (Å²) in [5.74, 6) is 2.80. The van der Waals surface area contributed by atoms with Crippen LogP contribution in [0.15, 0.2) is 22.7 Å². The van der Waals surface area contributed by atoms with Gasteiger partial charge in [0.05, 0.1) is 0 Å². The van der Waals surface area contributed by atoms with E-state index in [-0.39, 0.29) is 6.79 Å². The zero-order valence-corrected chi connectivity index (χ0v) is 10.5. The molecule has 1 aromatic heterocycles. The second-order valence-electron chi connectivity index (χ2n) is 4.23. The van der Waals surface area contributed by atoms with Gasteiger partial charge in [0.2, 0.25) is 6.79 Å². The summed E-state index contributed by atoms with van der Waals surface area (Å²) in [4.78, 5) is 0. The van der Waals surface area contributed by atoms with Gasteiger partial charge in [-0.15, -0.1) is 0 Å². The maximum absolute atomic E-state index is 5.71. The maximum Gasteiger partial charge on any atom is 0.231 e. The van der Waals surface area contributed by atoms with Crippen molar-refractivity contribution in [3.8, 4) is 17.2 Å². The van der Waals surface area contributed by atoms with Crippen LogP contribution in [0.5, 0.6) is 17.2 Å². The number of ether oxygens (including phenoxy) is 3. The number of hydrogen-bond donors (Lipinski definition) is 1. The molecular formula is C13H14N2O4. The Morgan fingerprint density at radius 2 is 2.05 bits per heavy atom. The van der Waals surface area contributed by atoms with E-state index in [1.807, 2.05) is 19.1 Å². The fraction of sp³-hybridized carbons (Fsp3) is 0.308. The first-order valence-corrected chi connectivity index (χ1v) is 5.94. The summed E-state index contributed by atoms with van der Waals surface area (Å²) in [6, 6.07) is 5.46. The quantitative estimate of drug-likeness (QED) is 0.904. The number of fused-ring (bicyclic) bond motifs is 1. The molecule has 0 saturated heterocycles. The summed E-state index contributed by atoms with van der Waals surface area (Å²) >= 11 is 0. The minimum atomic E-state index is 0.227. The van der Waals surface area contributed by atoms with E-state index in [4.69, 9.17) is 24.5 Å². The highest BCUT2D eigenvalue weighted by Crippen LogP contribution is 2.38. The van der Waals surface area contributed by atoms with Gasteiger partial charge in [-0.25, -0.2) is 0 Å². The number of nitrogens with zero attached hydrogens (tertiary/aromatic N) is 1. The van der Waals surface area contributed by atoms with Gasteiger partial charge in [-0.3, -0.25) is 0 Å². The Morgan fingerprint density at radius 3 is 2.74 bits per heavy atom. The van der Waals surface area contributed by atoms with Gasteiger partial charge >= 0.3 is 0 Å². The molecule has 0 spiro atoms. The third-order valence-electron chi connectivity index (χ3n) is 2.83. The summed E-state index contributed by atoms with van der Waals surface area (Å²) in [6.07, 6.45) is 0. The molecule has 3 rings (SSSR count). The van der Waals surface area contributed by atoms with Crippen LogP contribution in [0.25, 0.3) is 0 Å². The van der Waals surface area contributed by atoms with Crippen LogP contribution >= 0.6 is 0 Å². The van der Waals surface area contributed by atoms with Gasteiger partial charge < -0.3 is 24.5 Å². The third kappa shape index (κ3) is 2.34. The molecule has 0 amide bonds. The number of rotatable bonds is 4. The monoisotopic (exact) mass is 262 g/mol. The van der Waals surface area contributed by atoms with Gasteiger partial charge in [0.15, 0.2) is 11.5 Å². The van der Waals surface area contributed by atoms with Crippen LogP contribution in [0, 0.1) is 6.92 Å². The van der Waals surface area contributed by atoms with Crippen molar-refractivity contribution in [2.75, 3.05) is 6.79 Å². The van der Waals surface area contributed by atoms with Crippen molar-refractivity contribution in [1.29, 1.82) is 0 Å². The topological polar surface area (TPSA) is 79.7 Å². The highest BCUT2D eigenvalue weighted by atomic mass is 16.7. The summed E-state index contributed by atoms with van der Waals surface area (Å²) in [5.41, 5.74) is 7.31. The maximum atomic E-state index is 5.71. The Bertz CT molecular complexity index is 594. The van der Waals surface area contributed by atoms with Gasteiger partial charge in [-0.05, 0) is 13.0 Å². The second kappa shape index (κ2) is 4.81. The minimum absolute atomic E-state index is 0.227. The predicted octanol–water partition coefficient (Wildman–Crippen LogP) is 1.75. The Morgan fingerprint density at radius 1 is 1.26 bits per heavy atom. The molecule has 0 unspecified atom stereocenters. The van der Waals surface area contributed by atoms with Crippen molar-refractivity contribution in [3.05, 3.63) is 35.2 Å². The standard InChI is InChI=1S/C13H14N2O4/c1-8-2-10(15-19-8)6-16-11-4-13-12(17-7-18-13)3-9(11)5-14/h2-4H,5-7,14H2,1H3. The minimum Gasteiger partial charge on any atom is -0.487 e. The van der Waals surface area contributed by atoms with E-state index in [9.17, 15) is 0 Å². The fourth-order valence-corrected chi connectivity index (χ4v) is 1.90. The Hall–Kier alpha value is -2.21. The molecule has 6 heteroatoms. The fourth-order valence-electron chi connectivity index (χ4n) is 1.90. The van der Waals surface area contributed by atoms with Gasteiger partial charge in [0.1, 0.15) is 23.8 Å². The zero-order valence-electron chi connectivity index (χ0n) is 10.5. The van der Waals surface area contributed by atoms with E-state index in [0.29, 0.717) is 30.4 Å². The Labute approximate surface area is 110 Å². The van der Waals surface area contributed by atoms with Gasteiger partial charge in [0, 0.05) is 24.2 Å². The SMILES string of the molecule is Cc1cc(COc2cc3c(cc2CN)OCO3)no1. The summed E-state index contributed by atoms with van der Waals surface area (Å²) < 4.78 is 21.3. The smallest absolute Gasteiger partial charge is 0.231 e. The zero-order chi connectivity index (χ0) is 13.2. The van der Waals surface area contributed by atoms with Crippen LogP contribution in [0.2, 0.25) is 0 Å². The molecule has 2 N–H and O–H groups in total. The number of aryl methyl sites for hydroxylation is 1. The third-order valence-corrected chi connectivity index (χ3v) is 2.83. The lowest BCUT2D eigenvalue weighted by Gasteiger charge is -2.10. The number of hydrogen-bond acceptors (Lipinski definition) is 6. The second-order valence-corrected chi connectivity index (χ2v) is 4.23. The van der Waals surface area contributed by atoms with E-state index in [1.54, 1.807) is 6.07 Å². The molecule has 0 bridgehead atoms. The number of aromatic nitrogens is 1. The average Bonchev–Trinajstić information content (AvgIpc) is 3.03. The van der Waals surface area contributed by atoms with Gasteiger partial charge in [-0.1, -0.05) is 5.16 Å². The lowest BCUT2D eigenvalue weighted by Crippen LogP contribution is -2.03. The number of nitrogens with two attached hydrogens (primary N) is 1. The predicted molar refractivity (Wildman–Crippen MR) is 66.0 cm³/mol. The van der Waals surface area contributed by atoms with Crippen molar-refractivity contribution < 1.29 is 18.7 Å². The molecule has 0 atom stereocenters. The molecule has 0 aliphatic carbocycles. The lowest BCUT2D eigenvalue weighted by atomic mass is 10.2.